The summed E-state index contributed by atoms with van der Waals surface area (Å²) >= 11 is 0. The van der Waals surface area contributed by atoms with Crippen LogP contribution in [-0.4, -0.2) is 77.1 Å². The summed E-state index contributed by atoms with van der Waals surface area (Å²) in [7, 11) is 2.88. The van der Waals surface area contributed by atoms with Crippen molar-refractivity contribution in [1.29, 1.82) is 0 Å². The van der Waals surface area contributed by atoms with Crippen LogP contribution in [0.5, 0.6) is 23.0 Å². The van der Waals surface area contributed by atoms with E-state index in [0.29, 0.717) is 11.3 Å². The average Bonchev–Trinajstić information content (AvgIpc) is 2.85. The third-order valence-electron chi connectivity index (χ3n) is 5.58. The van der Waals surface area contributed by atoms with Crippen LogP contribution in [0.3, 0.4) is 0 Å². The standard InChI is InChI=1S/C23H24O11/c1-30-11-5-3-10(4-6-11)21-22(34-23-20(29)19(28)17(26)15(9-24)33-23)18(27)16-13(25)7-12(31-2)8-14(16)32-21/h3-8,15,17,19-20,23-26,28-29H,9H2,1-2H3/t15-,17-,19-,20-,23+/m1/s1. The second-order valence-electron chi connectivity index (χ2n) is 7.65. The lowest BCUT2D eigenvalue weighted by molar-refractivity contribution is -0.277. The van der Waals surface area contributed by atoms with Gasteiger partial charge in [-0.2, -0.15) is 0 Å². The molecule has 5 N–H and O–H groups in total. The second kappa shape index (κ2) is 9.49. The number of ether oxygens (including phenoxy) is 4. The van der Waals surface area contributed by atoms with Crippen molar-refractivity contribution in [2.24, 2.45) is 0 Å². The number of phenolic OH excluding ortho intramolecular Hbond substituents is 1. The molecule has 0 unspecified atom stereocenters. The van der Waals surface area contributed by atoms with E-state index in [2.05, 4.69) is 0 Å². The van der Waals surface area contributed by atoms with Gasteiger partial charge in [-0.25, -0.2) is 0 Å². The molecule has 2 heterocycles. The van der Waals surface area contributed by atoms with E-state index in [9.17, 15) is 30.3 Å². The van der Waals surface area contributed by atoms with Crippen molar-refractivity contribution in [3.63, 3.8) is 0 Å². The zero-order chi connectivity index (χ0) is 24.6. The molecule has 0 bridgehead atoms. The van der Waals surface area contributed by atoms with E-state index in [1.54, 1.807) is 24.3 Å². The molecule has 0 saturated carbocycles. The van der Waals surface area contributed by atoms with Crippen molar-refractivity contribution in [3.8, 4) is 34.3 Å². The summed E-state index contributed by atoms with van der Waals surface area (Å²) in [5.41, 5.74) is -0.389. The Labute approximate surface area is 192 Å². The van der Waals surface area contributed by atoms with Crippen LogP contribution in [0.15, 0.2) is 45.6 Å². The van der Waals surface area contributed by atoms with Crippen LogP contribution in [0.2, 0.25) is 0 Å². The van der Waals surface area contributed by atoms with Crippen molar-refractivity contribution in [2.75, 3.05) is 20.8 Å². The quantitative estimate of drug-likeness (QED) is 0.333. The van der Waals surface area contributed by atoms with Crippen molar-refractivity contribution in [3.05, 3.63) is 46.6 Å². The van der Waals surface area contributed by atoms with Crippen LogP contribution in [0.25, 0.3) is 22.3 Å². The summed E-state index contributed by atoms with van der Waals surface area (Å²) in [6.07, 6.45) is -7.98. The van der Waals surface area contributed by atoms with E-state index in [0.717, 1.165) is 0 Å². The molecule has 34 heavy (non-hydrogen) atoms. The molecule has 0 spiro atoms. The Morgan fingerprint density at radius 1 is 0.941 bits per heavy atom. The largest absolute Gasteiger partial charge is 0.507 e. The number of fused-ring (bicyclic) bond motifs is 1. The Morgan fingerprint density at radius 2 is 1.62 bits per heavy atom. The summed E-state index contributed by atoms with van der Waals surface area (Å²) in [6, 6.07) is 9.09. The van der Waals surface area contributed by atoms with Gasteiger partial charge in [0.2, 0.25) is 17.5 Å². The number of aliphatic hydroxyl groups is 4. The van der Waals surface area contributed by atoms with Gasteiger partial charge >= 0.3 is 0 Å². The zero-order valence-corrected chi connectivity index (χ0v) is 18.2. The molecule has 0 radical (unpaired) electrons. The highest BCUT2D eigenvalue weighted by atomic mass is 16.7. The number of aromatic hydroxyl groups is 1. The maximum atomic E-state index is 13.4. The number of hydrogen-bond donors (Lipinski definition) is 5. The molecule has 182 valence electrons. The van der Waals surface area contributed by atoms with Crippen LogP contribution in [0.1, 0.15) is 0 Å². The number of phenols is 1. The van der Waals surface area contributed by atoms with E-state index >= 15 is 0 Å². The maximum Gasteiger partial charge on any atom is 0.239 e. The Balaban J connectivity index is 1.89. The van der Waals surface area contributed by atoms with Gasteiger partial charge in [0.25, 0.3) is 0 Å². The topological polar surface area (TPSA) is 168 Å². The molecular formula is C23H24O11. The summed E-state index contributed by atoms with van der Waals surface area (Å²) < 4.78 is 27.3. The first-order valence-electron chi connectivity index (χ1n) is 10.3. The number of hydrogen-bond acceptors (Lipinski definition) is 11. The number of benzene rings is 2. The first-order valence-corrected chi connectivity index (χ1v) is 10.3. The lowest BCUT2D eigenvalue weighted by Crippen LogP contribution is -2.60. The third-order valence-corrected chi connectivity index (χ3v) is 5.58. The van der Waals surface area contributed by atoms with E-state index in [1.165, 1.54) is 26.4 Å². The van der Waals surface area contributed by atoms with E-state index in [4.69, 9.17) is 23.4 Å². The van der Waals surface area contributed by atoms with Gasteiger partial charge in [0.1, 0.15) is 52.6 Å². The molecule has 0 amide bonds. The van der Waals surface area contributed by atoms with E-state index in [-0.39, 0.29) is 22.5 Å². The van der Waals surface area contributed by atoms with Gasteiger partial charge in [-0.1, -0.05) is 0 Å². The Kier molecular flexibility index (Phi) is 6.64. The predicted octanol–water partition coefficient (Wildman–Crippen LogP) is 0.361. The highest BCUT2D eigenvalue weighted by molar-refractivity contribution is 5.88. The monoisotopic (exact) mass is 476 g/mol. The molecule has 1 aromatic heterocycles. The van der Waals surface area contributed by atoms with Gasteiger partial charge in [-0.05, 0) is 24.3 Å². The predicted molar refractivity (Wildman–Crippen MR) is 117 cm³/mol. The molecular weight excluding hydrogens is 452 g/mol. The van der Waals surface area contributed by atoms with Crippen LogP contribution < -0.4 is 19.6 Å². The SMILES string of the molecule is COc1ccc(-c2oc3cc(OC)cc(O)c3c(=O)c2O[C@@H]2O[C@H](CO)[C@@H](O)[C@@H](O)[C@H]2O)cc1. The minimum atomic E-state index is -1.76. The van der Waals surface area contributed by atoms with Crippen molar-refractivity contribution in [2.45, 2.75) is 30.7 Å². The molecule has 11 nitrogen and oxygen atoms in total. The number of methoxy groups -OCH3 is 2. The maximum absolute atomic E-state index is 13.4. The normalized spacial score (nSPS) is 24.7. The molecule has 11 heteroatoms. The van der Waals surface area contributed by atoms with Gasteiger partial charge in [-0.3, -0.25) is 4.79 Å². The molecule has 4 rings (SSSR count). The van der Waals surface area contributed by atoms with Gasteiger partial charge < -0.3 is 48.9 Å². The van der Waals surface area contributed by atoms with Gasteiger partial charge in [0.15, 0.2) is 5.76 Å². The first-order chi connectivity index (χ1) is 16.3. The summed E-state index contributed by atoms with van der Waals surface area (Å²) in [4.78, 5) is 13.4. The van der Waals surface area contributed by atoms with Crippen molar-refractivity contribution in [1.82, 2.24) is 0 Å². The van der Waals surface area contributed by atoms with E-state index in [1.807, 2.05) is 0 Å². The fourth-order valence-electron chi connectivity index (χ4n) is 3.70. The Morgan fingerprint density at radius 3 is 2.24 bits per heavy atom. The summed E-state index contributed by atoms with van der Waals surface area (Å²) in [6.45, 7) is -0.678. The van der Waals surface area contributed by atoms with Crippen LogP contribution in [0, 0.1) is 0 Å². The summed E-state index contributed by atoms with van der Waals surface area (Å²) in [5.74, 6) is -0.130. The number of rotatable bonds is 6. The third kappa shape index (κ3) is 4.15. The molecule has 1 saturated heterocycles. The molecule has 5 atom stereocenters. The lowest BCUT2D eigenvalue weighted by atomic mass is 9.99. The van der Waals surface area contributed by atoms with E-state index < -0.39 is 54.2 Å². The highest BCUT2D eigenvalue weighted by Gasteiger charge is 2.45. The molecule has 3 aromatic rings. The average molecular weight is 476 g/mol. The Hall–Kier alpha value is -3.35. The molecule has 2 aromatic carbocycles. The van der Waals surface area contributed by atoms with Gasteiger partial charge in [-0.15, -0.1) is 0 Å². The fourth-order valence-corrected chi connectivity index (χ4v) is 3.70. The minimum absolute atomic E-state index is 0.00817. The van der Waals surface area contributed by atoms with Crippen molar-refractivity contribution >= 4 is 11.0 Å². The molecule has 1 aliphatic rings. The summed E-state index contributed by atoms with van der Waals surface area (Å²) in [5, 5.41) is 50.2. The minimum Gasteiger partial charge on any atom is -0.507 e. The smallest absolute Gasteiger partial charge is 0.239 e. The molecule has 1 aliphatic heterocycles. The van der Waals surface area contributed by atoms with Crippen LogP contribution >= 0.6 is 0 Å². The Bertz CT molecular complexity index is 1220. The number of aliphatic hydroxyl groups excluding tert-OH is 4. The van der Waals surface area contributed by atoms with Crippen LogP contribution in [0.4, 0.5) is 0 Å². The second-order valence-corrected chi connectivity index (χ2v) is 7.65. The fraction of sp³-hybridized carbons (Fsp3) is 0.348. The molecule has 1 fully saturated rings. The van der Waals surface area contributed by atoms with Gasteiger partial charge in [0.05, 0.1) is 20.8 Å². The molecule has 0 aliphatic carbocycles. The van der Waals surface area contributed by atoms with Crippen LogP contribution in [-0.2, 0) is 4.74 Å². The highest BCUT2D eigenvalue weighted by Crippen LogP contribution is 2.37. The zero-order valence-electron chi connectivity index (χ0n) is 18.2. The van der Waals surface area contributed by atoms with Gasteiger partial charge in [0, 0.05) is 17.7 Å². The first kappa shape index (κ1) is 23.8. The lowest BCUT2D eigenvalue weighted by Gasteiger charge is -2.39. The van der Waals surface area contributed by atoms with Crippen molar-refractivity contribution < 1.29 is 48.9 Å².